The van der Waals surface area contributed by atoms with Gasteiger partial charge in [0.15, 0.2) is 0 Å². The van der Waals surface area contributed by atoms with Crippen molar-refractivity contribution in [2.45, 2.75) is 12.8 Å². The summed E-state index contributed by atoms with van der Waals surface area (Å²) in [4.78, 5) is 10.9. The number of halogens is 3. The van der Waals surface area contributed by atoms with Gasteiger partial charge in [0.1, 0.15) is 5.82 Å². The van der Waals surface area contributed by atoms with Crippen molar-refractivity contribution < 1.29 is 14.3 Å². The molecule has 0 spiro atoms. The number of carboxylic acid groups (broad SMARTS) is 1. The van der Waals surface area contributed by atoms with Crippen LogP contribution < -0.4 is 0 Å². The van der Waals surface area contributed by atoms with E-state index < -0.39 is 17.7 Å². The molecule has 104 valence electrons. The maximum atomic E-state index is 14.1. The second-order valence-corrected chi connectivity index (χ2v) is 5.33. The first-order chi connectivity index (χ1) is 9.38. The second-order valence-electron chi connectivity index (χ2n) is 4.46. The van der Waals surface area contributed by atoms with Crippen LogP contribution in [0.4, 0.5) is 4.39 Å². The summed E-state index contributed by atoms with van der Waals surface area (Å²) in [5.41, 5.74) is 1.29. The Morgan fingerprint density at radius 2 is 1.75 bits per heavy atom. The van der Waals surface area contributed by atoms with Crippen molar-refractivity contribution in [3.05, 3.63) is 57.8 Å². The maximum Gasteiger partial charge on any atom is 0.310 e. The predicted octanol–water partition coefficient (Wildman–Crippen LogP) is 4.99. The highest BCUT2D eigenvalue weighted by atomic mass is 35.5. The molecule has 2 aromatic carbocycles. The summed E-state index contributed by atoms with van der Waals surface area (Å²) in [5, 5.41) is 9.75. The fourth-order valence-electron chi connectivity index (χ4n) is 1.89. The van der Waals surface area contributed by atoms with Gasteiger partial charge in [-0.05, 0) is 42.3 Å². The van der Waals surface area contributed by atoms with Gasteiger partial charge in [-0.1, -0.05) is 35.3 Å². The minimum atomic E-state index is -0.997. The zero-order valence-corrected chi connectivity index (χ0v) is 12.0. The first-order valence-corrected chi connectivity index (χ1v) is 6.63. The molecule has 0 radical (unpaired) electrons. The van der Waals surface area contributed by atoms with Crippen LogP contribution in [0.15, 0.2) is 36.4 Å². The van der Waals surface area contributed by atoms with Crippen LogP contribution in [0.25, 0.3) is 11.1 Å². The Morgan fingerprint density at radius 3 is 2.25 bits per heavy atom. The smallest absolute Gasteiger partial charge is 0.310 e. The molecule has 2 nitrogen and oxygen atoms in total. The molecule has 1 N–H and O–H groups in total. The summed E-state index contributed by atoms with van der Waals surface area (Å²) >= 11 is 11.8. The van der Waals surface area contributed by atoms with E-state index in [0.29, 0.717) is 26.7 Å². The van der Waals surface area contributed by atoms with E-state index in [1.165, 1.54) is 19.1 Å². The lowest BCUT2D eigenvalue weighted by Crippen LogP contribution is -2.07. The molecule has 0 saturated carbocycles. The molecule has 0 aliphatic carbocycles. The summed E-state index contributed by atoms with van der Waals surface area (Å²) in [6, 6.07) is 9.12. The van der Waals surface area contributed by atoms with E-state index >= 15 is 0 Å². The Balaban J connectivity index is 2.46. The largest absolute Gasteiger partial charge is 0.481 e. The van der Waals surface area contributed by atoms with E-state index in [2.05, 4.69) is 0 Å². The minimum Gasteiger partial charge on any atom is -0.481 e. The molecular weight excluding hydrogens is 302 g/mol. The summed E-state index contributed by atoms with van der Waals surface area (Å²) in [6.07, 6.45) is 0. The molecule has 0 fully saturated rings. The summed E-state index contributed by atoms with van der Waals surface area (Å²) in [5.74, 6) is -2.27. The zero-order valence-electron chi connectivity index (χ0n) is 10.5. The molecule has 2 aromatic rings. The highest BCUT2D eigenvalue weighted by Gasteiger charge is 2.16. The monoisotopic (exact) mass is 312 g/mol. The Morgan fingerprint density at radius 1 is 1.15 bits per heavy atom. The highest BCUT2D eigenvalue weighted by molar-refractivity contribution is 6.35. The second kappa shape index (κ2) is 5.81. The summed E-state index contributed by atoms with van der Waals surface area (Å²) in [6.45, 7) is 1.51. The molecule has 0 bridgehead atoms. The van der Waals surface area contributed by atoms with Gasteiger partial charge in [-0.25, -0.2) is 4.39 Å². The number of hydrogen-bond donors (Lipinski definition) is 1. The van der Waals surface area contributed by atoms with Crippen molar-refractivity contribution in [2.24, 2.45) is 0 Å². The molecule has 0 saturated heterocycles. The highest BCUT2D eigenvalue weighted by Crippen LogP contribution is 2.30. The molecule has 20 heavy (non-hydrogen) atoms. The molecule has 0 aliphatic rings. The third-order valence-electron chi connectivity index (χ3n) is 3.04. The number of carbonyl (C=O) groups is 1. The van der Waals surface area contributed by atoms with Gasteiger partial charge < -0.3 is 5.11 Å². The van der Waals surface area contributed by atoms with E-state index in [0.717, 1.165) is 0 Å². The van der Waals surface area contributed by atoms with Gasteiger partial charge in [-0.15, -0.1) is 0 Å². The van der Waals surface area contributed by atoms with Crippen LogP contribution in [-0.4, -0.2) is 11.1 Å². The molecule has 0 aromatic heterocycles. The van der Waals surface area contributed by atoms with Gasteiger partial charge in [0, 0.05) is 15.6 Å². The molecule has 0 aliphatic heterocycles. The van der Waals surface area contributed by atoms with Crippen molar-refractivity contribution in [3.8, 4) is 11.1 Å². The summed E-state index contributed by atoms with van der Waals surface area (Å²) < 4.78 is 14.1. The average molecular weight is 313 g/mol. The van der Waals surface area contributed by atoms with Crippen LogP contribution in [0.1, 0.15) is 18.4 Å². The lowest BCUT2D eigenvalue weighted by Gasteiger charge is -2.10. The van der Waals surface area contributed by atoms with E-state index in [1.54, 1.807) is 24.3 Å². The topological polar surface area (TPSA) is 37.3 Å². The van der Waals surface area contributed by atoms with Crippen molar-refractivity contribution in [2.75, 3.05) is 0 Å². The van der Waals surface area contributed by atoms with Crippen molar-refractivity contribution in [1.29, 1.82) is 0 Å². The SMILES string of the molecule is C[C@H](C(=O)O)c1ccc(-c2cc(Cl)cc(Cl)c2)c(F)c1. The van der Waals surface area contributed by atoms with Crippen LogP contribution in [0.5, 0.6) is 0 Å². The lowest BCUT2D eigenvalue weighted by molar-refractivity contribution is -0.138. The minimum absolute atomic E-state index is 0.329. The number of hydrogen-bond acceptors (Lipinski definition) is 1. The lowest BCUT2D eigenvalue weighted by atomic mass is 9.97. The summed E-state index contributed by atoms with van der Waals surface area (Å²) in [7, 11) is 0. The van der Waals surface area contributed by atoms with E-state index in [1.807, 2.05) is 0 Å². The van der Waals surface area contributed by atoms with Gasteiger partial charge in [-0.3, -0.25) is 4.79 Å². The van der Waals surface area contributed by atoms with E-state index in [-0.39, 0.29) is 0 Å². The van der Waals surface area contributed by atoms with E-state index in [4.69, 9.17) is 28.3 Å². The predicted molar refractivity (Wildman–Crippen MR) is 77.9 cm³/mol. The molecular formula is C15H11Cl2FO2. The zero-order chi connectivity index (χ0) is 14.9. The molecule has 5 heteroatoms. The maximum absolute atomic E-state index is 14.1. The van der Waals surface area contributed by atoms with E-state index in [9.17, 15) is 9.18 Å². The van der Waals surface area contributed by atoms with Gasteiger partial charge in [0.05, 0.1) is 5.92 Å². The quantitative estimate of drug-likeness (QED) is 0.867. The van der Waals surface area contributed by atoms with Crippen LogP contribution >= 0.6 is 23.2 Å². The Bertz CT molecular complexity index is 651. The number of benzene rings is 2. The Hall–Kier alpha value is -1.58. The molecule has 0 amide bonds. The fourth-order valence-corrected chi connectivity index (χ4v) is 2.41. The van der Waals surface area contributed by atoms with Gasteiger partial charge >= 0.3 is 5.97 Å². The average Bonchev–Trinajstić information content (AvgIpc) is 2.36. The van der Waals surface area contributed by atoms with Crippen LogP contribution in [-0.2, 0) is 4.79 Å². The Kier molecular flexibility index (Phi) is 4.31. The van der Waals surface area contributed by atoms with Crippen LogP contribution in [0, 0.1) is 5.82 Å². The molecule has 1 atom stereocenters. The van der Waals surface area contributed by atoms with Crippen molar-refractivity contribution >= 4 is 29.2 Å². The van der Waals surface area contributed by atoms with Gasteiger partial charge in [0.2, 0.25) is 0 Å². The number of carboxylic acids is 1. The third kappa shape index (κ3) is 3.11. The third-order valence-corrected chi connectivity index (χ3v) is 3.47. The van der Waals surface area contributed by atoms with Crippen molar-refractivity contribution in [1.82, 2.24) is 0 Å². The Labute approximate surface area is 125 Å². The first kappa shape index (κ1) is 14.8. The van der Waals surface area contributed by atoms with Gasteiger partial charge in [0.25, 0.3) is 0 Å². The van der Waals surface area contributed by atoms with Crippen molar-refractivity contribution in [3.63, 3.8) is 0 Å². The van der Waals surface area contributed by atoms with Crippen LogP contribution in [0.3, 0.4) is 0 Å². The first-order valence-electron chi connectivity index (χ1n) is 5.87. The normalized spacial score (nSPS) is 12.2. The van der Waals surface area contributed by atoms with Gasteiger partial charge in [-0.2, -0.15) is 0 Å². The number of aliphatic carboxylic acids is 1. The standard InChI is InChI=1S/C15H11Cl2FO2/c1-8(15(19)20)9-2-3-13(14(18)6-9)10-4-11(16)7-12(17)5-10/h2-8H,1H3,(H,19,20)/t8-/m0/s1. The van der Waals surface area contributed by atoms with Crippen LogP contribution in [0.2, 0.25) is 10.0 Å². The molecule has 0 heterocycles. The fraction of sp³-hybridized carbons (Fsp3) is 0.133. The number of rotatable bonds is 3. The molecule has 0 unspecified atom stereocenters. The molecule has 2 rings (SSSR count).